The third-order valence-corrected chi connectivity index (χ3v) is 1.74. The number of aromatic carboxylic acids is 2. The fourth-order valence-corrected chi connectivity index (χ4v) is 1.14. The van der Waals surface area contributed by atoms with Gasteiger partial charge in [0.25, 0.3) is 0 Å². The Labute approximate surface area is 78.6 Å². The van der Waals surface area contributed by atoms with Crippen LogP contribution < -0.4 is 0 Å². The third-order valence-electron chi connectivity index (χ3n) is 1.74. The molecule has 0 unspecified atom stereocenters. The lowest BCUT2D eigenvalue weighted by Gasteiger charge is -2.04. The van der Waals surface area contributed by atoms with Crippen molar-refractivity contribution in [3.8, 4) is 0 Å². The van der Waals surface area contributed by atoms with E-state index in [4.69, 9.17) is 10.2 Å². The van der Waals surface area contributed by atoms with Crippen molar-refractivity contribution in [2.45, 2.75) is 6.67 Å². The van der Waals surface area contributed by atoms with Gasteiger partial charge in [0, 0.05) is 0 Å². The number of benzene rings is 1. The molecule has 5 heteroatoms. The van der Waals surface area contributed by atoms with Crippen LogP contribution in [0.5, 0.6) is 0 Å². The average Bonchev–Trinajstić information content (AvgIpc) is 2.16. The van der Waals surface area contributed by atoms with Crippen LogP contribution in [0.4, 0.5) is 4.39 Å². The Hall–Kier alpha value is -1.91. The van der Waals surface area contributed by atoms with E-state index >= 15 is 0 Å². The van der Waals surface area contributed by atoms with Gasteiger partial charge >= 0.3 is 11.9 Å². The first-order valence-electron chi connectivity index (χ1n) is 3.72. The van der Waals surface area contributed by atoms with Gasteiger partial charge in [-0.25, -0.2) is 14.0 Å². The van der Waals surface area contributed by atoms with Gasteiger partial charge in [0.1, 0.15) is 6.67 Å². The molecule has 0 saturated heterocycles. The Bertz CT molecular complexity index is 386. The summed E-state index contributed by atoms with van der Waals surface area (Å²) in [7, 11) is 0. The minimum atomic E-state index is -1.43. The highest BCUT2D eigenvalue weighted by molar-refractivity contribution is 6.02. The summed E-state index contributed by atoms with van der Waals surface area (Å²) in [6.45, 7) is -0.997. The SMILES string of the molecule is O=C(O)c1cccc(CF)c1C(=O)O. The number of rotatable bonds is 3. The first-order valence-corrected chi connectivity index (χ1v) is 3.72. The van der Waals surface area contributed by atoms with Crippen molar-refractivity contribution in [2.24, 2.45) is 0 Å². The Kier molecular flexibility index (Phi) is 2.81. The van der Waals surface area contributed by atoms with Gasteiger partial charge in [0.05, 0.1) is 11.1 Å². The van der Waals surface area contributed by atoms with E-state index in [1.54, 1.807) is 0 Å². The highest BCUT2D eigenvalue weighted by atomic mass is 19.1. The molecule has 4 nitrogen and oxygen atoms in total. The molecular formula is C9H7FO4. The molecule has 0 bridgehead atoms. The summed E-state index contributed by atoms with van der Waals surface area (Å²) in [5.41, 5.74) is -1.01. The third kappa shape index (κ3) is 1.71. The molecule has 0 fully saturated rings. The largest absolute Gasteiger partial charge is 0.478 e. The molecule has 74 valence electrons. The quantitative estimate of drug-likeness (QED) is 0.772. The summed E-state index contributed by atoms with van der Waals surface area (Å²) in [5.74, 6) is -2.81. The number of hydrogen-bond donors (Lipinski definition) is 2. The van der Waals surface area contributed by atoms with Crippen molar-refractivity contribution in [1.82, 2.24) is 0 Å². The molecule has 0 amide bonds. The Morgan fingerprint density at radius 2 is 1.86 bits per heavy atom. The van der Waals surface area contributed by atoms with Gasteiger partial charge in [0.15, 0.2) is 0 Å². The van der Waals surface area contributed by atoms with E-state index in [1.807, 2.05) is 0 Å². The van der Waals surface area contributed by atoms with E-state index in [-0.39, 0.29) is 5.56 Å². The fraction of sp³-hybridized carbons (Fsp3) is 0.111. The maximum absolute atomic E-state index is 12.3. The van der Waals surface area contributed by atoms with Crippen LogP contribution in [0.1, 0.15) is 26.3 Å². The highest BCUT2D eigenvalue weighted by Gasteiger charge is 2.19. The Morgan fingerprint density at radius 1 is 1.21 bits per heavy atom. The first-order chi connectivity index (χ1) is 6.57. The normalized spacial score (nSPS) is 9.79. The zero-order valence-corrected chi connectivity index (χ0v) is 7.03. The van der Waals surface area contributed by atoms with Gasteiger partial charge in [0.2, 0.25) is 0 Å². The predicted molar refractivity (Wildman–Crippen MR) is 45.2 cm³/mol. The highest BCUT2D eigenvalue weighted by Crippen LogP contribution is 2.16. The minimum Gasteiger partial charge on any atom is -0.478 e. The number of carbonyl (C=O) groups is 2. The summed E-state index contributed by atoms with van der Waals surface area (Å²) < 4.78 is 12.3. The van der Waals surface area contributed by atoms with E-state index in [1.165, 1.54) is 12.1 Å². The van der Waals surface area contributed by atoms with E-state index in [0.29, 0.717) is 0 Å². The second-order valence-electron chi connectivity index (χ2n) is 2.58. The monoisotopic (exact) mass is 198 g/mol. The van der Waals surface area contributed by atoms with Gasteiger partial charge in [-0.3, -0.25) is 0 Å². The molecular weight excluding hydrogens is 191 g/mol. The van der Waals surface area contributed by atoms with E-state index in [2.05, 4.69) is 0 Å². The van der Waals surface area contributed by atoms with Crippen LogP contribution in [0.2, 0.25) is 0 Å². The number of carboxylic acid groups (broad SMARTS) is 2. The lowest BCUT2D eigenvalue weighted by Crippen LogP contribution is -2.10. The summed E-state index contributed by atoms with van der Waals surface area (Å²) in [6, 6.07) is 3.69. The zero-order chi connectivity index (χ0) is 10.7. The zero-order valence-electron chi connectivity index (χ0n) is 7.03. The fourth-order valence-electron chi connectivity index (χ4n) is 1.14. The molecule has 1 aromatic rings. The van der Waals surface area contributed by atoms with Crippen LogP contribution in [-0.4, -0.2) is 22.2 Å². The molecule has 0 aliphatic carbocycles. The molecule has 0 aromatic heterocycles. The van der Waals surface area contributed by atoms with Gasteiger partial charge in [-0.15, -0.1) is 0 Å². The summed E-state index contributed by atoms with van der Waals surface area (Å²) in [5, 5.41) is 17.3. The molecule has 14 heavy (non-hydrogen) atoms. The van der Waals surface area contributed by atoms with Crippen LogP contribution in [-0.2, 0) is 6.67 Å². The maximum atomic E-state index is 12.3. The van der Waals surface area contributed by atoms with Crippen molar-refractivity contribution in [3.63, 3.8) is 0 Å². The van der Waals surface area contributed by atoms with E-state index in [0.717, 1.165) is 6.07 Å². The molecule has 0 spiro atoms. The van der Waals surface area contributed by atoms with Crippen molar-refractivity contribution >= 4 is 11.9 Å². The Balaban J connectivity index is 3.43. The number of halogens is 1. The van der Waals surface area contributed by atoms with Crippen molar-refractivity contribution in [3.05, 3.63) is 34.9 Å². The molecule has 2 N–H and O–H groups in total. The molecule has 0 heterocycles. The van der Waals surface area contributed by atoms with E-state index in [9.17, 15) is 14.0 Å². The van der Waals surface area contributed by atoms with E-state index < -0.39 is 29.7 Å². The second kappa shape index (κ2) is 3.87. The lowest BCUT2D eigenvalue weighted by atomic mass is 10.0. The van der Waals surface area contributed by atoms with Crippen LogP contribution in [0.15, 0.2) is 18.2 Å². The summed E-state index contributed by atoms with van der Waals surface area (Å²) in [6.07, 6.45) is 0. The molecule has 1 rings (SSSR count). The average molecular weight is 198 g/mol. The standard InChI is InChI=1S/C9H7FO4/c10-4-5-2-1-3-6(8(11)12)7(5)9(13)14/h1-3H,4H2,(H,11,12)(H,13,14). The molecule has 0 aliphatic heterocycles. The number of alkyl halides is 1. The van der Waals surface area contributed by atoms with Gasteiger partial charge in [-0.1, -0.05) is 12.1 Å². The second-order valence-corrected chi connectivity index (χ2v) is 2.58. The molecule has 0 aliphatic rings. The van der Waals surface area contributed by atoms with Crippen molar-refractivity contribution in [1.29, 1.82) is 0 Å². The maximum Gasteiger partial charge on any atom is 0.336 e. The molecule has 0 saturated carbocycles. The van der Waals surface area contributed by atoms with Crippen LogP contribution >= 0.6 is 0 Å². The summed E-state index contributed by atoms with van der Waals surface area (Å²) in [4.78, 5) is 21.3. The van der Waals surface area contributed by atoms with Crippen molar-refractivity contribution < 1.29 is 24.2 Å². The predicted octanol–water partition coefficient (Wildman–Crippen LogP) is 1.55. The smallest absolute Gasteiger partial charge is 0.336 e. The van der Waals surface area contributed by atoms with Crippen LogP contribution in [0.3, 0.4) is 0 Å². The van der Waals surface area contributed by atoms with Gasteiger partial charge in [-0.2, -0.15) is 0 Å². The molecule has 1 aromatic carbocycles. The summed E-state index contributed by atoms with van der Waals surface area (Å²) >= 11 is 0. The molecule has 0 radical (unpaired) electrons. The first kappa shape index (κ1) is 10.2. The Morgan fingerprint density at radius 3 is 2.29 bits per heavy atom. The molecule has 0 atom stereocenters. The van der Waals surface area contributed by atoms with Crippen molar-refractivity contribution in [2.75, 3.05) is 0 Å². The topological polar surface area (TPSA) is 74.6 Å². The van der Waals surface area contributed by atoms with Gasteiger partial charge in [-0.05, 0) is 11.6 Å². The number of hydrogen-bond acceptors (Lipinski definition) is 2. The lowest BCUT2D eigenvalue weighted by molar-refractivity contribution is 0.0650. The van der Waals surface area contributed by atoms with Crippen LogP contribution in [0.25, 0.3) is 0 Å². The number of carboxylic acids is 2. The minimum absolute atomic E-state index is 0.127. The van der Waals surface area contributed by atoms with Gasteiger partial charge < -0.3 is 10.2 Å². The van der Waals surface area contributed by atoms with Crippen LogP contribution in [0, 0.1) is 0 Å².